The number of hydrogen-bond donors (Lipinski definition) is 1. The number of morpholine rings is 1. The highest BCUT2D eigenvalue weighted by Crippen LogP contribution is 2.24. The zero-order valence-electron chi connectivity index (χ0n) is 9.45. The number of ether oxygens (including phenoxy) is 2. The van der Waals surface area contributed by atoms with Gasteiger partial charge in [-0.05, 0) is 13.0 Å². The van der Waals surface area contributed by atoms with Gasteiger partial charge in [0.15, 0.2) is 0 Å². The lowest BCUT2D eigenvalue weighted by atomic mass is 10.2. The molecular weight excluding hydrogens is 263 g/mol. The lowest BCUT2D eigenvalue weighted by Gasteiger charge is -2.28. The normalized spacial score (nSPS) is 24.6. The monoisotopic (exact) mass is 276 g/mol. The quantitative estimate of drug-likeness (QED) is 0.919. The van der Waals surface area contributed by atoms with E-state index in [0.717, 1.165) is 13.1 Å². The Labute approximate surface area is 110 Å². The van der Waals surface area contributed by atoms with Crippen LogP contribution in [0.5, 0.6) is 5.88 Å². The summed E-state index contributed by atoms with van der Waals surface area (Å²) in [5.41, 5.74) is 0. The van der Waals surface area contributed by atoms with Crippen LogP contribution in [0.15, 0.2) is 12.3 Å². The molecule has 6 heteroatoms. The minimum Gasteiger partial charge on any atom is -0.474 e. The average Bonchev–Trinajstić information content (AvgIpc) is 2.28. The van der Waals surface area contributed by atoms with Crippen LogP contribution < -0.4 is 10.1 Å². The number of hydrogen-bond acceptors (Lipinski definition) is 4. The van der Waals surface area contributed by atoms with Crippen molar-refractivity contribution in [2.75, 3.05) is 19.7 Å². The van der Waals surface area contributed by atoms with Crippen LogP contribution in [0, 0.1) is 0 Å². The Bertz CT molecular complexity index is 390. The van der Waals surface area contributed by atoms with Crippen molar-refractivity contribution in [3.63, 3.8) is 0 Å². The number of pyridine rings is 1. The molecule has 0 amide bonds. The van der Waals surface area contributed by atoms with E-state index in [1.807, 2.05) is 6.92 Å². The number of nitrogens with one attached hydrogen (secondary N) is 1. The first-order chi connectivity index (χ1) is 8.15. The highest BCUT2D eigenvalue weighted by atomic mass is 35.5. The summed E-state index contributed by atoms with van der Waals surface area (Å²) in [5, 5.41) is 4.17. The summed E-state index contributed by atoms with van der Waals surface area (Å²) in [6.07, 6.45) is 1.73. The predicted octanol–water partition coefficient (Wildman–Crippen LogP) is 2.14. The maximum absolute atomic E-state index is 5.95. The summed E-state index contributed by atoms with van der Waals surface area (Å²) in [6, 6.07) is 1.61. The summed E-state index contributed by atoms with van der Waals surface area (Å²) in [4.78, 5) is 4.02. The summed E-state index contributed by atoms with van der Waals surface area (Å²) >= 11 is 11.7. The van der Waals surface area contributed by atoms with Gasteiger partial charge >= 0.3 is 0 Å². The third-order valence-corrected chi connectivity index (χ3v) is 2.89. The fourth-order valence-corrected chi connectivity index (χ4v) is 2.09. The van der Waals surface area contributed by atoms with Crippen LogP contribution in [0.4, 0.5) is 0 Å². The third kappa shape index (κ3) is 3.71. The number of halogens is 2. The van der Waals surface area contributed by atoms with Crippen molar-refractivity contribution in [1.29, 1.82) is 0 Å². The topological polar surface area (TPSA) is 43.4 Å². The van der Waals surface area contributed by atoms with Crippen molar-refractivity contribution in [2.45, 2.75) is 19.1 Å². The van der Waals surface area contributed by atoms with Gasteiger partial charge in [0, 0.05) is 19.3 Å². The summed E-state index contributed by atoms with van der Waals surface area (Å²) in [5.74, 6) is 0.387. The first-order valence-electron chi connectivity index (χ1n) is 5.45. The summed E-state index contributed by atoms with van der Waals surface area (Å²) in [6.45, 7) is 4.09. The van der Waals surface area contributed by atoms with E-state index in [1.54, 1.807) is 6.07 Å². The van der Waals surface area contributed by atoms with E-state index in [0.29, 0.717) is 22.5 Å². The zero-order valence-corrected chi connectivity index (χ0v) is 11.0. The molecule has 1 fully saturated rings. The average molecular weight is 277 g/mol. The van der Waals surface area contributed by atoms with Crippen molar-refractivity contribution in [3.8, 4) is 5.88 Å². The maximum atomic E-state index is 5.95. The van der Waals surface area contributed by atoms with E-state index in [4.69, 9.17) is 32.7 Å². The van der Waals surface area contributed by atoms with E-state index < -0.39 is 0 Å². The van der Waals surface area contributed by atoms with Crippen molar-refractivity contribution < 1.29 is 9.47 Å². The molecule has 2 heterocycles. The van der Waals surface area contributed by atoms with E-state index >= 15 is 0 Å². The Morgan fingerprint density at radius 3 is 3.06 bits per heavy atom. The van der Waals surface area contributed by atoms with Gasteiger partial charge in [-0.25, -0.2) is 4.98 Å². The van der Waals surface area contributed by atoms with Crippen LogP contribution in [0.2, 0.25) is 10.0 Å². The smallest absolute Gasteiger partial charge is 0.232 e. The molecule has 0 radical (unpaired) electrons. The molecule has 0 aromatic carbocycles. The molecule has 0 bridgehead atoms. The van der Waals surface area contributed by atoms with E-state index in [-0.39, 0.29) is 12.2 Å². The standard InChI is InChI=1S/C11H14Cl2N2O2/c1-7-3-14-5-9(17-7)6-16-11-10(13)2-8(12)4-15-11/h2,4,7,9,14H,3,5-6H2,1H3. The lowest BCUT2D eigenvalue weighted by molar-refractivity contribution is -0.0476. The fraction of sp³-hybridized carbons (Fsp3) is 0.545. The molecule has 2 unspecified atom stereocenters. The molecule has 17 heavy (non-hydrogen) atoms. The predicted molar refractivity (Wildman–Crippen MR) is 67.0 cm³/mol. The third-order valence-electron chi connectivity index (χ3n) is 2.41. The van der Waals surface area contributed by atoms with Crippen LogP contribution in [-0.4, -0.2) is 36.9 Å². The molecule has 0 aliphatic carbocycles. The minimum absolute atomic E-state index is 0.0206. The van der Waals surface area contributed by atoms with Gasteiger partial charge in [-0.1, -0.05) is 23.2 Å². The van der Waals surface area contributed by atoms with Crippen LogP contribution >= 0.6 is 23.2 Å². The van der Waals surface area contributed by atoms with Crippen molar-refractivity contribution in [1.82, 2.24) is 10.3 Å². The van der Waals surface area contributed by atoms with E-state index in [1.165, 1.54) is 6.20 Å². The van der Waals surface area contributed by atoms with Gasteiger partial charge in [0.1, 0.15) is 17.7 Å². The molecule has 0 saturated carbocycles. The fourth-order valence-electron chi connectivity index (χ4n) is 1.65. The Kier molecular flexibility index (Phi) is 4.45. The first kappa shape index (κ1) is 12.9. The molecule has 4 nitrogen and oxygen atoms in total. The molecule has 2 rings (SSSR count). The maximum Gasteiger partial charge on any atom is 0.232 e. The van der Waals surface area contributed by atoms with Crippen molar-refractivity contribution >= 4 is 23.2 Å². The molecule has 1 aromatic heterocycles. The Balaban J connectivity index is 1.88. The molecule has 2 atom stereocenters. The molecule has 1 aliphatic rings. The first-order valence-corrected chi connectivity index (χ1v) is 6.21. The molecule has 0 spiro atoms. The van der Waals surface area contributed by atoms with Gasteiger partial charge in [0.25, 0.3) is 0 Å². The number of aromatic nitrogens is 1. The molecule has 1 saturated heterocycles. The molecule has 1 aromatic rings. The zero-order chi connectivity index (χ0) is 12.3. The summed E-state index contributed by atoms with van der Waals surface area (Å²) < 4.78 is 11.2. The highest BCUT2D eigenvalue weighted by molar-refractivity contribution is 6.35. The van der Waals surface area contributed by atoms with Crippen molar-refractivity contribution in [2.24, 2.45) is 0 Å². The van der Waals surface area contributed by atoms with Gasteiger partial charge in [0.05, 0.1) is 11.1 Å². The second-order valence-electron chi connectivity index (χ2n) is 3.98. The Morgan fingerprint density at radius 2 is 2.35 bits per heavy atom. The van der Waals surface area contributed by atoms with Gasteiger partial charge in [-0.2, -0.15) is 0 Å². The van der Waals surface area contributed by atoms with Gasteiger partial charge in [-0.3, -0.25) is 0 Å². The second-order valence-corrected chi connectivity index (χ2v) is 4.82. The lowest BCUT2D eigenvalue weighted by Crippen LogP contribution is -2.45. The number of rotatable bonds is 3. The molecule has 94 valence electrons. The van der Waals surface area contributed by atoms with Gasteiger partial charge in [-0.15, -0.1) is 0 Å². The number of nitrogens with zero attached hydrogens (tertiary/aromatic N) is 1. The van der Waals surface area contributed by atoms with Gasteiger partial charge < -0.3 is 14.8 Å². The molecule has 1 aliphatic heterocycles. The molecular formula is C11H14Cl2N2O2. The van der Waals surface area contributed by atoms with Gasteiger partial charge in [0.2, 0.25) is 5.88 Å². The van der Waals surface area contributed by atoms with Crippen LogP contribution in [0.25, 0.3) is 0 Å². The minimum atomic E-state index is 0.0206. The van der Waals surface area contributed by atoms with Crippen LogP contribution in [0.3, 0.4) is 0 Å². The van der Waals surface area contributed by atoms with E-state index in [9.17, 15) is 0 Å². The molecule has 1 N–H and O–H groups in total. The second kappa shape index (κ2) is 5.87. The Morgan fingerprint density at radius 1 is 1.53 bits per heavy atom. The summed E-state index contributed by atoms with van der Waals surface area (Å²) in [7, 11) is 0. The SMILES string of the molecule is CC1CNCC(COc2ncc(Cl)cc2Cl)O1. The van der Waals surface area contributed by atoms with E-state index in [2.05, 4.69) is 10.3 Å². The van der Waals surface area contributed by atoms with Crippen molar-refractivity contribution in [3.05, 3.63) is 22.3 Å². The largest absolute Gasteiger partial charge is 0.474 e. The highest BCUT2D eigenvalue weighted by Gasteiger charge is 2.19. The van der Waals surface area contributed by atoms with Crippen LogP contribution in [0.1, 0.15) is 6.92 Å². The van der Waals surface area contributed by atoms with Crippen LogP contribution in [-0.2, 0) is 4.74 Å². The Hall–Kier alpha value is -0.550.